The predicted molar refractivity (Wildman–Crippen MR) is 103 cm³/mol. The quantitative estimate of drug-likeness (QED) is 0.640. The Labute approximate surface area is 159 Å². The number of amides is 1. The van der Waals surface area contributed by atoms with Gasteiger partial charge >= 0.3 is 5.97 Å². The molecule has 6 heteroatoms. The molecule has 0 bridgehead atoms. The van der Waals surface area contributed by atoms with Gasteiger partial charge in [0.2, 0.25) is 5.91 Å². The van der Waals surface area contributed by atoms with Gasteiger partial charge in [-0.2, -0.15) is 0 Å². The Kier molecular flexibility index (Phi) is 5.23. The number of rotatable bonds is 6. The van der Waals surface area contributed by atoms with Gasteiger partial charge in [-0.3, -0.25) is 9.59 Å². The number of carbonyl (C=O) groups excluding carboxylic acids is 1. The lowest BCUT2D eigenvalue weighted by molar-refractivity contribution is -0.136. The Hall–Kier alpha value is -2.86. The molecule has 0 aliphatic carbocycles. The maximum absolute atomic E-state index is 11.3. The molecule has 0 fully saturated rings. The Bertz CT molecular complexity index is 944. The van der Waals surface area contributed by atoms with E-state index in [-0.39, 0.29) is 6.42 Å². The van der Waals surface area contributed by atoms with Crippen LogP contribution in [0.15, 0.2) is 65.1 Å². The van der Waals surface area contributed by atoms with Crippen molar-refractivity contribution in [3.8, 4) is 16.9 Å². The molecule has 0 unspecified atom stereocenters. The van der Waals surface area contributed by atoms with E-state index < -0.39 is 11.9 Å². The van der Waals surface area contributed by atoms with Crippen LogP contribution in [0.1, 0.15) is 22.5 Å². The molecule has 0 saturated carbocycles. The van der Waals surface area contributed by atoms with Crippen LogP contribution in [0.5, 0.6) is 0 Å². The van der Waals surface area contributed by atoms with Crippen molar-refractivity contribution in [2.24, 2.45) is 5.73 Å². The van der Waals surface area contributed by atoms with Gasteiger partial charge in [0, 0.05) is 21.4 Å². The number of benzene rings is 2. The van der Waals surface area contributed by atoms with Gasteiger partial charge in [0.05, 0.1) is 12.1 Å². The van der Waals surface area contributed by atoms with Crippen molar-refractivity contribution in [3.63, 3.8) is 0 Å². The Morgan fingerprint density at radius 3 is 2.19 bits per heavy atom. The number of halogens is 1. The second kappa shape index (κ2) is 7.58. The van der Waals surface area contributed by atoms with Gasteiger partial charge in [-0.05, 0) is 60.5 Å². The Morgan fingerprint density at radius 1 is 0.962 bits per heavy atom. The number of hydrogen-bond acceptors (Lipinski definition) is 2. The third-order valence-electron chi connectivity index (χ3n) is 4.11. The highest BCUT2D eigenvalue weighted by Gasteiger charge is 2.13. The van der Waals surface area contributed by atoms with Gasteiger partial charge in [0.25, 0.3) is 0 Å². The molecular weight excluding hydrogens is 396 g/mol. The molecule has 2 aromatic carbocycles. The van der Waals surface area contributed by atoms with Crippen LogP contribution < -0.4 is 5.73 Å². The number of nitrogens with two attached hydrogens (primary N) is 1. The summed E-state index contributed by atoms with van der Waals surface area (Å²) in [5, 5.41) is 9.02. The second-order valence-electron chi connectivity index (χ2n) is 5.86. The summed E-state index contributed by atoms with van der Waals surface area (Å²) in [5.41, 5.74) is 9.43. The van der Waals surface area contributed by atoms with Gasteiger partial charge in [-0.15, -0.1) is 0 Å². The zero-order chi connectivity index (χ0) is 18.7. The highest BCUT2D eigenvalue weighted by atomic mass is 79.9. The summed E-state index contributed by atoms with van der Waals surface area (Å²) in [4.78, 5) is 22.3. The number of aryl methyl sites for hydroxylation is 1. The zero-order valence-electron chi connectivity index (χ0n) is 13.9. The molecule has 1 amide bonds. The predicted octanol–water partition coefficient (Wildman–Crippen LogP) is 4.02. The minimum absolute atomic E-state index is 0.0448. The van der Waals surface area contributed by atoms with Crippen molar-refractivity contribution in [2.75, 3.05) is 0 Å². The van der Waals surface area contributed by atoms with Crippen molar-refractivity contribution in [2.45, 2.75) is 12.8 Å². The molecule has 0 spiro atoms. The maximum Gasteiger partial charge on any atom is 0.303 e. The lowest BCUT2D eigenvalue weighted by Crippen LogP contribution is -2.11. The first-order chi connectivity index (χ1) is 12.5. The van der Waals surface area contributed by atoms with Crippen LogP contribution in [0.3, 0.4) is 0 Å². The van der Waals surface area contributed by atoms with Crippen molar-refractivity contribution in [3.05, 3.63) is 76.4 Å². The van der Waals surface area contributed by atoms with Crippen molar-refractivity contribution < 1.29 is 14.7 Å². The van der Waals surface area contributed by atoms with Crippen LogP contribution in [0.25, 0.3) is 16.9 Å². The highest BCUT2D eigenvalue weighted by Crippen LogP contribution is 2.28. The summed E-state index contributed by atoms with van der Waals surface area (Å²) in [6.07, 6.45) is 0.451. The number of carboxylic acids is 1. The molecule has 5 nitrogen and oxygen atoms in total. The minimum atomic E-state index is -0.841. The molecule has 3 rings (SSSR count). The van der Waals surface area contributed by atoms with E-state index in [1.54, 1.807) is 12.1 Å². The number of primary amides is 1. The standard InChI is InChI=1S/C20H17BrN2O3/c21-15-5-1-13(2-6-15)18-11-9-17(10-12-19(24)25)23(18)16-7-3-14(4-8-16)20(22)26/h1-9,11H,10,12H2,(H2,22,26)(H,24,25). The summed E-state index contributed by atoms with van der Waals surface area (Å²) in [7, 11) is 0. The number of carbonyl (C=O) groups is 2. The van der Waals surface area contributed by atoms with Gasteiger partial charge in [-0.1, -0.05) is 28.1 Å². The van der Waals surface area contributed by atoms with Gasteiger partial charge in [-0.25, -0.2) is 0 Å². The Morgan fingerprint density at radius 2 is 1.62 bits per heavy atom. The molecule has 0 saturated heterocycles. The fraction of sp³-hybridized carbons (Fsp3) is 0.100. The first-order valence-electron chi connectivity index (χ1n) is 8.04. The third-order valence-corrected chi connectivity index (χ3v) is 4.64. The largest absolute Gasteiger partial charge is 0.481 e. The average molecular weight is 413 g/mol. The van der Waals surface area contributed by atoms with Gasteiger partial charge < -0.3 is 15.4 Å². The summed E-state index contributed by atoms with van der Waals surface area (Å²) < 4.78 is 2.99. The maximum atomic E-state index is 11.3. The number of carboxylic acid groups (broad SMARTS) is 1. The van der Waals surface area contributed by atoms with Crippen molar-refractivity contribution in [1.82, 2.24) is 4.57 Å². The van der Waals surface area contributed by atoms with Crippen LogP contribution in [0, 0.1) is 0 Å². The van der Waals surface area contributed by atoms with Gasteiger partial charge in [0.1, 0.15) is 0 Å². The van der Waals surface area contributed by atoms with E-state index in [4.69, 9.17) is 10.8 Å². The van der Waals surface area contributed by atoms with Crippen LogP contribution in [0.2, 0.25) is 0 Å². The number of hydrogen-bond donors (Lipinski definition) is 2. The lowest BCUT2D eigenvalue weighted by atomic mass is 10.1. The van der Waals surface area contributed by atoms with Crippen molar-refractivity contribution in [1.29, 1.82) is 0 Å². The average Bonchev–Trinajstić information content (AvgIpc) is 3.04. The smallest absolute Gasteiger partial charge is 0.303 e. The molecule has 3 aromatic rings. The summed E-state index contributed by atoms with van der Waals surface area (Å²) >= 11 is 3.43. The zero-order valence-corrected chi connectivity index (χ0v) is 15.4. The Balaban J connectivity index is 2.09. The SMILES string of the molecule is NC(=O)c1ccc(-n2c(CCC(=O)O)ccc2-c2ccc(Br)cc2)cc1. The third kappa shape index (κ3) is 3.86. The van der Waals surface area contributed by atoms with E-state index in [9.17, 15) is 9.59 Å². The van der Waals surface area contributed by atoms with Crippen LogP contribution in [-0.2, 0) is 11.2 Å². The van der Waals surface area contributed by atoms with E-state index in [1.165, 1.54) is 0 Å². The fourth-order valence-corrected chi connectivity index (χ4v) is 3.10. The van der Waals surface area contributed by atoms with E-state index in [2.05, 4.69) is 15.9 Å². The molecule has 3 N–H and O–H groups in total. The molecule has 0 atom stereocenters. The molecule has 132 valence electrons. The molecule has 0 aliphatic rings. The normalized spacial score (nSPS) is 10.7. The summed E-state index contributed by atoms with van der Waals surface area (Å²) in [6.45, 7) is 0. The number of nitrogens with zero attached hydrogens (tertiary/aromatic N) is 1. The summed E-state index contributed by atoms with van der Waals surface area (Å²) in [6, 6.07) is 18.8. The topological polar surface area (TPSA) is 85.3 Å². The number of aliphatic carboxylic acids is 1. The van der Waals surface area contributed by atoms with E-state index in [0.717, 1.165) is 27.1 Å². The highest BCUT2D eigenvalue weighted by molar-refractivity contribution is 9.10. The monoisotopic (exact) mass is 412 g/mol. The molecule has 0 aliphatic heterocycles. The fourth-order valence-electron chi connectivity index (χ4n) is 2.83. The molecule has 26 heavy (non-hydrogen) atoms. The number of aromatic nitrogens is 1. The first-order valence-corrected chi connectivity index (χ1v) is 8.83. The molecule has 1 aromatic heterocycles. The van der Waals surface area contributed by atoms with E-state index in [1.807, 2.05) is 53.1 Å². The van der Waals surface area contributed by atoms with Crippen LogP contribution in [0.4, 0.5) is 0 Å². The molecule has 0 radical (unpaired) electrons. The van der Waals surface area contributed by atoms with Crippen LogP contribution >= 0.6 is 15.9 Å². The second-order valence-corrected chi connectivity index (χ2v) is 6.77. The van der Waals surface area contributed by atoms with E-state index in [0.29, 0.717) is 12.0 Å². The minimum Gasteiger partial charge on any atom is -0.481 e. The van der Waals surface area contributed by atoms with Crippen LogP contribution in [-0.4, -0.2) is 21.6 Å². The van der Waals surface area contributed by atoms with Crippen molar-refractivity contribution >= 4 is 27.8 Å². The van der Waals surface area contributed by atoms with E-state index >= 15 is 0 Å². The first kappa shape index (κ1) is 17.9. The molecule has 1 heterocycles. The lowest BCUT2D eigenvalue weighted by Gasteiger charge is -2.14. The van der Waals surface area contributed by atoms with Gasteiger partial charge in [0.15, 0.2) is 0 Å². The summed E-state index contributed by atoms with van der Waals surface area (Å²) in [5.74, 6) is -1.32. The molecular formula is C20H17BrN2O3.